The summed E-state index contributed by atoms with van der Waals surface area (Å²) in [5.74, 6) is -0.0524. The van der Waals surface area contributed by atoms with E-state index in [1.54, 1.807) is 18.2 Å². The summed E-state index contributed by atoms with van der Waals surface area (Å²) < 4.78 is 11.4. The first kappa shape index (κ1) is 15.1. The highest BCUT2D eigenvalue weighted by Crippen LogP contribution is 2.24. The Labute approximate surface area is 132 Å². The normalized spacial score (nSPS) is 11.3. The van der Waals surface area contributed by atoms with Crippen LogP contribution in [0.15, 0.2) is 45.6 Å². The Morgan fingerprint density at radius 1 is 1.13 bits per heavy atom. The van der Waals surface area contributed by atoms with E-state index in [0.717, 1.165) is 0 Å². The molecule has 0 bridgehead atoms. The van der Waals surface area contributed by atoms with Gasteiger partial charge in [0.15, 0.2) is 0 Å². The number of aromatic carboxylic acids is 1. The molecule has 23 heavy (non-hydrogen) atoms. The quantitative estimate of drug-likeness (QED) is 0.744. The Hall–Kier alpha value is -2.82. The van der Waals surface area contributed by atoms with Crippen molar-refractivity contribution in [1.82, 2.24) is 0 Å². The van der Waals surface area contributed by atoms with Gasteiger partial charge in [0.1, 0.15) is 16.9 Å². The number of carbonyl (C=O) groups is 1. The number of carboxylic acids is 1. The summed E-state index contributed by atoms with van der Waals surface area (Å²) in [5, 5.41) is 9.70. The first-order chi connectivity index (χ1) is 11.0. The molecule has 0 aliphatic heterocycles. The van der Waals surface area contributed by atoms with Gasteiger partial charge in [0.2, 0.25) is 5.43 Å². The lowest BCUT2D eigenvalue weighted by atomic mass is 10.1. The van der Waals surface area contributed by atoms with Crippen LogP contribution in [0.25, 0.3) is 21.9 Å². The summed E-state index contributed by atoms with van der Waals surface area (Å²) in [6, 6.07) is 9.30. The zero-order valence-corrected chi connectivity index (χ0v) is 12.8. The molecule has 0 saturated heterocycles. The second kappa shape index (κ2) is 5.76. The van der Waals surface area contributed by atoms with Crippen molar-refractivity contribution < 1.29 is 19.1 Å². The van der Waals surface area contributed by atoms with E-state index in [1.165, 1.54) is 18.2 Å². The van der Waals surface area contributed by atoms with Gasteiger partial charge < -0.3 is 14.3 Å². The van der Waals surface area contributed by atoms with E-state index in [4.69, 9.17) is 14.3 Å². The Balaban J connectivity index is 2.15. The van der Waals surface area contributed by atoms with Crippen LogP contribution >= 0.6 is 0 Å². The number of hydrogen-bond acceptors (Lipinski definition) is 4. The molecule has 0 aliphatic carbocycles. The molecule has 5 nitrogen and oxygen atoms in total. The van der Waals surface area contributed by atoms with Crippen molar-refractivity contribution in [3.05, 3.63) is 52.2 Å². The molecule has 0 atom stereocenters. The Morgan fingerprint density at radius 2 is 1.91 bits per heavy atom. The average molecular weight is 312 g/mol. The predicted octanol–water partition coefficient (Wildman–Crippen LogP) is 3.68. The molecule has 1 heterocycles. The Morgan fingerprint density at radius 3 is 2.61 bits per heavy atom. The third kappa shape index (κ3) is 2.90. The van der Waals surface area contributed by atoms with Crippen LogP contribution in [0.5, 0.6) is 5.75 Å². The fourth-order valence-electron chi connectivity index (χ4n) is 2.32. The van der Waals surface area contributed by atoms with Crippen molar-refractivity contribution in [2.75, 3.05) is 6.61 Å². The average Bonchev–Trinajstić information content (AvgIpc) is 2.52. The smallest absolute Gasteiger partial charge is 0.335 e. The second-order valence-electron chi connectivity index (χ2n) is 5.81. The first-order valence-corrected chi connectivity index (χ1v) is 7.32. The lowest BCUT2D eigenvalue weighted by molar-refractivity contribution is 0.0697. The van der Waals surface area contributed by atoms with Gasteiger partial charge in [-0.1, -0.05) is 13.8 Å². The SMILES string of the molecule is CC(C)COc1ccc2c(=O)c3cc(C(=O)O)ccc3oc2c1. The van der Waals surface area contributed by atoms with Crippen molar-refractivity contribution >= 4 is 27.9 Å². The highest BCUT2D eigenvalue weighted by Gasteiger charge is 2.12. The summed E-state index contributed by atoms with van der Waals surface area (Å²) in [6.45, 7) is 4.68. The van der Waals surface area contributed by atoms with Gasteiger partial charge in [-0.25, -0.2) is 4.79 Å². The lowest BCUT2D eigenvalue weighted by Gasteiger charge is -2.09. The molecule has 0 radical (unpaired) electrons. The van der Waals surface area contributed by atoms with Gasteiger partial charge >= 0.3 is 5.97 Å². The maximum absolute atomic E-state index is 12.5. The van der Waals surface area contributed by atoms with E-state index in [2.05, 4.69) is 13.8 Å². The minimum absolute atomic E-state index is 0.0565. The fourth-order valence-corrected chi connectivity index (χ4v) is 2.32. The van der Waals surface area contributed by atoms with Crippen LogP contribution in [0.4, 0.5) is 0 Å². The Kier molecular flexibility index (Phi) is 3.78. The molecular formula is C18H16O5. The van der Waals surface area contributed by atoms with Gasteiger partial charge in [0.25, 0.3) is 0 Å². The number of ether oxygens (including phenoxy) is 1. The first-order valence-electron chi connectivity index (χ1n) is 7.32. The topological polar surface area (TPSA) is 76.7 Å². The minimum atomic E-state index is -1.08. The minimum Gasteiger partial charge on any atom is -0.493 e. The van der Waals surface area contributed by atoms with Crippen molar-refractivity contribution in [3.63, 3.8) is 0 Å². The lowest BCUT2D eigenvalue weighted by Crippen LogP contribution is -2.06. The van der Waals surface area contributed by atoms with Gasteiger partial charge in [-0.05, 0) is 36.2 Å². The number of benzene rings is 2. The molecule has 0 aliphatic rings. The summed E-state index contributed by atoms with van der Waals surface area (Å²) in [7, 11) is 0. The van der Waals surface area contributed by atoms with Crippen LogP contribution < -0.4 is 10.2 Å². The van der Waals surface area contributed by atoms with E-state index in [-0.39, 0.29) is 16.4 Å². The monoisotopic (exact) mass is 312 g/mol. The summed E-state index contributed by atoms with van der Waals surface area (Å²) >= 11 is 0. The molecule has 0 fully saturated rings. The molecule has 2 aromatic carbocycles. The van der Waals surface area contributed by atoms with Gasteiger partial charge in [-0.2, -0.15) is 0 Å². The molecule has 5 heteroatoms. The summed E-state index contributed by atoms with van der Waals surface area (Å²) in [5.41, 5.74) is 0.584. The van der Waals surface area contributed by atoms with Gasteiger partial charge in [-0.3, -0.25) is 4.79 Å². The summed E-state index contributed by atoms with van der Waals surface area (Å²) in [6.07, 6.45) is 0. The molecule has 1 aromatic heterocycles. The van der Waals surface area contributed by atoms with Crippen molar-refractivity contribution in [3.8, 4) is 5.75 Å². The van der Waals surface area contributed by atoms with E-state index < -0.39 is 5.97 Å². The number of fused-ring (bicyclic) bond motifs is 2. The molecule has 0 spiro atoms. The van der Waals surface area contributed by atoms with Crippen LogP contribution in [0.2, 0.25) is 0 Å². The predicted molar refractivity (Wildman–Crippen MR) is 87.3 cm³/mol. The van der Waals surface area contributed by atoms with Gasteiger partial charge in [-0.15, -0.1) is 0 Å². The van der Waals surface area contributed by atoms with E-state index >= 15 is 0 Å². The highest BCUT2D eigenvalue weighted by molar-refractivity contribution is 5.96. The van der Waals surface area contributed by atoms with Crippen LogP contribution in [-0.2, 0) is 0 Å². The van der Waals surface area contributed by atoms with E-state index in [9.17, 15) is 9.59 Å². The number of rotatable bonds is 4. The molecule has 3 rings (SSSR count). The third-order valence-electron chi connectivity index (χ3n) is 3.47. The van der Waals surface area contributed by atoms with Crippen molar-refractivity contribution in [2.24, 2.45) is 5.92 Å². The van der Waals surface area contributed by atoms with Crippen molar-refractivity contribution in [1.29, 1.82) is 0 Å². The van der Waals surface area contributed by atoms with Gasteiger partial charge in [0, 0.05) is 6.07 Å². The molecular weight excluding hydrogens is 296 g/mol. The fraction of sp³-hybridized carbons (Fsp3) is 0.222. The molecule has 118 valence electrons. The standard InChI is InChI=1S/C18H16O5/c1-10(2)9-22-12-4-5-13-16(8-12)23-15-6-3-11(18(20)21)7-14(15)17(13)19/h3-8,10H,9H2,1-2H3,(H,20,21). The second-order valence-corrected chi connectivity index (χ2v) is 5.81. The maximum Gasteiger partial charge on any atom is 0.335 e. The Bertz CT molecular complexity index is 953. The number of carboxylic acid groups (broad SMARTS) is 1. The van der Waals surface area contributed by atoms with Crippen LogP contribution in [0.1, 0.15) is 24.2 Å². The molecule has 0 saturated carbocycles. The maximum atomic E-state index is 12.5. The number of hydrogen-bond donors (Lipinski definition) is 1. The third-order valence-corrected chi connectivity index (χ3v) is 3.47. The van der Waals surface area contributed by atoms with E-state index in [0.29, 0.717) is 34.8 Å². The highest BCUT2D eigenvalue weighted by atomic mass is 16.5. The molecule has 1 N–H and O–H groups in total. The molecule has 0 amide bonds. The molecule has 0 unspecified atom stereocenters. The van der Waals surface area contributed by atoms with E-state index in [1.807, 2.05) is 0 Å². The van der Waals surface area contributed by atoms with Crippen LogP contribution in [-0.4, -0.2) is 17.7 Å². The zero-order chi connectivity index (χ0) is 16.6. The van der Waals surface area contributed by atoms with Crippen LogP contribution in [0, 0.1) is 5.92 Å². The van der Waals surface area contributed by atoms with Crippen molar-refractivity contribution in [2.45, 2.75) is 13.8 Å². The molecule has 3 aromatic rings. The zero-order valence-electron chi connectivity index (χ0n) is 12.8. The van der Waals surface area contributed by atoms with Crippen LogP contribution in [0.3, 0.4) is 0 Å². The summed E-state index contributed by atoms with van der Waals surface area (Å²) in [4.78, 5) is 23.6. The largest absolute Gasteiger partial charge is 0.493 e. The van der Waals surface area contributed by atoms with Gasteiger partial charge in [0.05, 0.1) is 22.9 Å².